The number of rotatable bonds is 3. The molecule has 0 saturated heterocycles. The first-order valence-corrected chi connectivity index (χ1v) is 5.88. The molecule has 0 aliphatic carbocycles. The predicted molar refractivity (Wildman–Crippen MR) is 74.0 cm³/mol. The monoisotopic (exact) mass is 260 g/mol. The number of aryl methyl sites for hydroxylation is 2. The van der Waals surface area contributed by atoms with Crippen LogP contribution in [0, 0.1) is 0 Å². The Hall–Kier alpha value is -2.37. The molecule has 0 aliphatic heterocycles. The van der Waals surface area contributed by atoms with Crippen molar-refractivity contribution in [3.63, 3.8) is 0 Å². The summed E-state index contributed by atoms with van der Waals surface area (Å²) in [7, 11) is 3.39. The van der Waals surface area contributed by atoms with Crippen molar-refractivity contribution in [3.05, 3.63) is 34.4 Å². The van der Waals surface area contributed by atoms with Crippen molar-refractivity contribution >= 4 is 22.8 Å². The SMILES string of the molecule is CC(=O)C=C(C)Nc1ccc2c(n1)n(C)c(=O)n2C. The molecule has 0 unspecified atom stereocenters. The molecule has 0 bridgehead atoms. The number of ketones is 1. The number of carbonyl (C=O) groups excluding carboxylic acids is 1. The minimum Gasteiger partial charge on any atom is -0.344 e. The van der Waals surface area contributed by atoms with Gasteiger partial charge in [0.15, 0.2) is 11.4 Å². The van der Waals surface area contributed by atoms with E-state index in [0.717, 1.165) is 5.52 Å². The molecule has 0 spiro atoms. The normalized spacial score (nSPS) is 11.9. The molecule has 2 aromatic heterocycles. The number of fused-ring (bicyclic) bond motifs is 1. The second-order valence-corrected chi connectivity index (χ2v) is 4.50. The average molecular weight is 260 g/mol. The van der Waals surface area contributed by atoms with Gasteiger partial charge in [-0.25, -0.2) is 9.78 Å². The van der Waals surface area contributed by atoms with Crippen LogP contribution in [0.25, 0.3) is 11.2 Å². The quantitative estimate of drug-likeness (QED) is 0.841. The van der Waals surface area contributed by atoms with Gasteiger partial charge in [-0.05, 0) is 32.1 Å². The highest BCUT2D eigenvalue weighted by molar-refractivity contribution is 5.88. The van der Waals surface area contributed by atoms with Crippen molar-refractivity contribution in [3.8, 4) is 0 Å². The van der Waals surface area contributed by atoms with Crippen molar-refractivity contribution in [2.75, 3.05) is 5.32 Å². The van der Waals surface area contributed by atoms with E-state index in [1.54, 1.807) is 31.7 Å². The van der Waals surface area contributed by atoms with Gasteiger partial charge in [0.05, 0.1) is 5.52 Å². The highest BCUT2D eigenvalue weighted by atomic mass is 16.1. The Kier molecular flexibility index (Phi) is 3.25. The molecule has 0 aromatic carbocycles. The van der Waals surface area contributed by atoms with Gasteiger partial charge >= 0.3 is 5.69 Å². The van der Waals surface area contributed by atoms with E-state index in [9.17, 15) is 9.59 Å². The zero-order chi connectivity index (χ0) is 14.2. The van der Waals surface area contributed by atoms with Crippen molar-refractivity contribution in [2.45, 2.75) is 13.8 Å². The molecular formula is C13H16N4O2. The number of hydrogen-bond donors (Lipinski definition) is 1. The largest absolute Gasteiger partial charge is 0.344 e. The molecule has 0 aliphatic rings. The Bertz CT molecular complexity index is 737. The number of aromatic nitrogens is 3. The van der Waals surface area contributed by atoms with E-state index in [4.69, 9.17) is 0 Å². The van der Waals surface area contributed by atoms with E-state index >= 15 is 0 Å². The molecule has 2 rings (SSSR count). The van der Waals surface area contributed by atoms with Crippen LogP contribution < -0.4 is 11.0 Å². The summed E-state index contributed by atoms with van der Waals surface area (Å²) in [5.41, 5.74) is 1.97. The van der Waals surface area contributed by atoms with Gasteiger partial charge in [-0.15, -0.1) is 0 Å². The molecule has 2 aromatic rings. The molecule has 0 amide bonds. The predicted octanol–water partition coefficient (Wildman–Crippen LogP) is 1.18. The summed E-state index contributed by atoms with van der Waals surface area (Å²) in [6.45, 7) is 3.28. The second kappa shape index (κ2) is 4.72. The lowest BCUT2D eigenvalue weighted by Gasteiger charge is -2.05. The van der Waals surface area contributed by atoms with Crippen molar-refractivity contribution in [1.29, 1.82) is 0 Å². The highest BCUT2D eigenvalue weighted by Crippen LogP contribution is 2.14. The molecule has 1 N–H and O–H groups in total. The third kappa shape index (κ3) is 2.42. The van der Waals surface area contributed by atoms with Crippen LogP contribution in [0.1, 0.15) is 13.8 Å². The lowest BCUT2D eigenvalue weighted by atomic mass is 10.3. The van der Waals surface area contributed by atoms with Crippen LogP contribution in [0.3, 0.4) is 0 Å². The molecule has 2 heterocycles. The van der Waals surface area contributed by atoms with Gasteiger partial charge in [0.25, 0.3) is 0 Å². The molecule has 0 saturated carbocycles. The first-order chi connectivity index (χ1) is 8.90. The Balaban J connectivity index is 2.45. The van der Waals surface area contributed by atoms with E-state index in [-0.39, 0.29) is 11.5 Å². The van der Waals surface area contributed by atoms with E-state index < -0.39 is 0 Å². The van der Waals surface area contributed by atoms with Gasteiger partial charge in [0, 0.05) is 19.8 Å². The van der Waals surface area contributed by atoms with Crippen LogP contribution in [0.4, 0.5) is 5.82 Å². The second-order valence-electron chi connectivity index (χ2n) is 4.50. The van der Waals surface area contributed by atoms with Crippen LogP contribution in [0.5, 0.6) is 0 Å². The topological polar surface area (TPSA) is 68.9 Å². The summed E-state index contributed by atoms with van der Waals surface area (Å²) in [5, 5.41) is 3.03. The summed E-state index contributed by atoms with van der Waals surface area (Å²) >= 11 is 0. The third-order valence-corrected chi connectivity index (χ3v) is 2.85. The minimum atomic E-state index is -0.115. The first-order valence-electron chi connectivity index (χ1n) is 5.88. The standard InChI is InChI=1S/C13H16N4O2/c1-8(7-9(2)18)14-11-6-5-10-12(15-11)17(4)13(19)16(10)3/h5-7H,1-4H3,(H,14,15). The smallest absolute Gasteiger partial charge is 0.329 e. The van der Waals surface area contributed by atoms with Crippen molar-refractivity contribution < 1.29 is 4.79 Å². The van der Waals surface area contributed by atoms with E-state index in [0.29, 0.717) is 17.2 Å². The molecule has 100 valence electrons. The summed E-state index contributed by atoms with van der Waals surface area (Å²) in [5.74, 6) is 0.571. The molecule has 6 heteroatoms. The number of nitrogens with zero attached hydrogens (tertiary/aromatic N) is 3. The third-order valence-electron chi connectivity index (χ3n) is 2.85. The zero-order valence-electron chi connectivity index (χ0n) is 11.4. The lowest BCUT2D eigenvalue weighted by molar-refractivity contribution is -0.112. The summed E-state index contributed by atoms with van der Waals surface area (Å²) in [6, 6.07) is 3.60. The summed E-state index contributed by atoms with van der Waals surface area (Å²) < 4.78 is 3.04. The van der Waals surface area contributed by atoms with Gasteiger partial charge in [-0.2, -0.15) is 0 Å². The maximum Gasteiger partial charge on any atom is 0.329 e. The van der Waals surface area contributed by atoms with Gasteiger partial charge in [0.2, 0.25) is 0 Å². The van der Waals surface area contributed by atoms with Crippen molar-refractivity contribution in [1.82, 2.24) is 14.1 Å². The zero-order valence-corrected chi connectivity index (χ0v) is 11.4. The van der Waals surface area contributed by atoms with Crippen LogP contribution in [0.15, 0.2) is 28.7 Å². The van der Waals surface area contributed by atoms with E-state index in [1.807, 2.05) is 6.07 Å². The fourth-order valence-electron chi connectivity index (χ4n) is 1.98. The highest BCUT2D eigenvalue weighted by Gasteiger charge is 2.09. The molecule has 6 nitrogen and oxygen atoms in total. The number of carbonyl (C=O) groups is 1. The molecular weight excluding hydrogens is 244 g/mol. The lowest BCUT2D eigenvalue weighted by Crippen LogP contribution is -2.19. The number of anilines is 1. The van der Waals surface area contributed by atoms with Crippen LogP contribution in [0.2, 0.25) is 0 Å². The minimum absolute atomic E-state index is 0.0295. The fourth-order valence-corrected chi connectivity index (χ4v) is 1.98. The molecule has 19 heavy (non-hydrogen) atoms. The van der Waals surface area contributed by atoms with Gasteiger partial charge in [-0.3, -0.25) is 13.9 Å². The summed E-state index contributed by atoms with van der Waals surface area (Å²) in [6.07, 6.45) is 1.50. The van der Waals surface area contributed by atoms with Gasteiger partial charge < -0.3 is 5.32 Å². The number of allylic oxidation sites excluding steroid dienone is 2. The van der Waals surface area contributed by atoms with Crippen LogP contribution >= 0.6 is 0 Å². The molecule has 0 fully saturated rings. The number of imidazole rings is 1. The first kappa shape index (κ1) is 13.1. The Labute approximate surface area is 110 Å². The van der Waals surface area contributed by atoms with Gasteiger partial charge in [-0.1, -0.05) is 0 Å². The van der Waals surface area contributed by atoms with Crippen LogP contribution in [-0.2, 0) is 18.9 Å². The maximum absolute atomic E-state index is 11.8. The number of pyridine rings is 1. The summed E-state index contributed by atoms with van der Waals surface area (Å²) in [4.78, 5) is 27.1. The van der Waals surface area contributed by atoms with Crippen molar-refractivity contribution in [2.24, 2.45) is 14.1 Å². The van der Waals surface area contributed by atoms with Crippen LogP contribution in [-0.4, -0.2) is 19.9 Å². The number of nitrogens with one attached hydrogen (secondary N) is 1. The maximum atomic E-state index is 11.8. The Morgan fingerprint density at radius 2 is 1.95 bits per heavy atom. The van der Waals surface area contributed by atoms with Gasteiger partial charge in [0.1, 0.15) is 5.82 Å². The molecule has 0 radical (unpaired) electrons. The Morgan fingerprint density at radius 1 is 1.26 bits per heavy atom. The Morgan fingerprint density at radius 3 is 2.58 bits per heavy atom. The van der Waals surface area contributed by atoms with E-state index in [1.165, 1.54) is 17.6 Å². The number of hydrogen-bond acceptors (Lipinski definition) is 4. The fraction of sp³-hybridized carbons (Fsp3) is 0.308. The molecule has 0 atom stereocenters. The van der Waals surface area contributed by atoms with E-state index in [2.05, 4.69) is 10.3 Å². The average Bonchev–Trinajstić information content (AvgIpc) is 2.53.